The molecule has 7 nitrogen and oxygen atoms in total. The number of amides is 1. The van der Waals surface area contributed by atoms with Gasteiger partial charge in [0.25, 0.3) is 15.9 Å². The van der Waals surface area contributed by atoms with Crippen LogP contribution in [0.25, 0.3) is 10.2 Å². The third-order valence-corrected chi connectivity index (χ3v) is 10.1. The molecule has 0 atom stereocenters. The van der Waals surface area contributed by atoms with Gasteiger partial charge >= 0.3 is 0 Å². The molecule has 0 saturated heterocycles. The van der Waals surface area contributed by atoms with Crippen molar-refractivity contribution in [1.82, 2.24) is 4.98 Å². The fourth-order valence-corrected chi connectivity index (χ4v) is 7.48. The van der Waals surface area contributed by atoms with Gasteiger partial charge in [0.1, 0.15) is 5.76 Å². The molecular weight excluding hydrogens is 530 g/mol. The van der Waals surface area contributed by atoms with E-state index in [1.165, 1.54) is 27.8 Å². The molecule has 0 fully saturated rings. The molecule has 0 spiro atoms. The lowest BCUT2D eigenvalue weighted by atomic mass is 10.0. The van der Waals surface area contributed by atoms with Crippen LogP contribution in [0.3, 0.4) is 0 Å². The zero-order valence-corrected chi connectivity index (χ0v) is 23.3. The Labute approximate surface area is 231 Å². The van der Waals surface area contributed by atoms with Crippen molar-refractivity contribution in [1.29, 1.82) is 0 Å². The molecular formula is C30H27N3O4S2. The normalized spacial score (nSPS) is 13.4. The Hall–Kier alpha value is -3.95. The van der Waals surface area contributed by atoms with E-state index in [2.05, 4.69) is 6.07 Å². The van der Waals surface area contributed by atoms with Crippen molar-refractivity contribution >= 4 is 48.3 Å². The monoisotopic (exact) mass is 557 g/mol. The van der Waals surface area contributed by atoms with E-state index < -0.39 is 10.0 Å². The number of sulfonamides is 1. The molecule has 0 bridgehead atoms. The van der Waals surface area contributed by atoms with Gasteiger partial charge in [-0.1, -0.05) is 35.6 Å². The maximum atomic E-state index is 13.8. The summed E-state index contributed by atoms with van der Waals surface area (Å²) in [7, 11) is -3.77. The van der Waals surface area contributed by atoms with Crippen molar-refractivity contribution < 1.29 is 17.6 Å². The second-order valence-corrected chi connectivity index (χ2v) is 12.5. The standard InChI is InChI=1S/C30H27N3O4S2/c1-20-11-16-27-28(21(20)2)31-30(38-27)32(19-24-9-6-18-37-24)29(34)23-12-14-25(15-13-23)39(35,36)33-17-5-8-22-7-3-4-10-26(22)33/h3-4,6-7,9-16,18H,5,8,17,19H2,1-2H3. The van der Waals surface area contributed by atoms with Crippen molar-refractivity contribution in [3.63, 3.8) is 0 Å². The van der Waals surface area contributed by atoms with E-state index in [-0.39, 0.29) is 17.3 Å². The summed E-state index contributed by atoms with van der Waals surface area (Å²) in [6, 6.07) is 21.4. The average molecular weight is 558 g/mol. The fraction of sp³-hybridized carbons (Fsp3) is 0.200. The first-order valence-corrected chi connectivity index (χ1v) is 15.0. The Morgan fingerprint density at radius 2 is 1.82 bits per heavy atom. The van der Waals surface area contributed by atoms with Crippen LogP contribution in [-0.4, -0.2) is 25.9 Å². The molecule has 0 N–H and O–H groups in total. The van der Waals surface area contributed by atoms with Gasteiger partial charge in [-0.05, 0) is 91.9 Å². The third kappa shape index (κ3) is 4.62. The Kier molecular flexibility index (Phi) is 6.48. The van der Waals surface area contributed by atoms with Gasteiger partial charge in [0.15, 0.2) is 5.13 Å². The number of anilines is 2. The number of hydrogen-bond donors (Lipinski definition) is 0. The lowest BCUT2D eigenvalue weighted by molar-refractivity contribution is 0.0983. The number of rotatable bonds is 6. The van der Waals surface area contributed by atoms with E-state index in [1.807, 2.05) is 50.2 Å². The number of aromatic nitrogens is 1. The highest BCUT2D eigenvalue weighted by Gasteiger charge is 2.30. The summed E-state index contributed by atoms with van der Waals surface area (Å²) >= 11 is 1.44. The van der Waals surface area contributed by atoms with Gasteiger partial charge in [-0.15, -0.1) is 0 Å². The molecule has 0 saturated carbocycles. The van der Waals surface area contributed by atoms with Crippen molar-refractivity contribution in [2.75, 3.05) is 15.7 Å². The smallest absolute Gasteiger partial charge is 0.264 e. The number of fused-ring (bicyclic) bond motifs is 2. The summed E-state index contributed by atoms with van der Waals surface area (Å²) in [5.41, 5.74) is 5.19. The second-order valence-electron chi connectivity index (χ2n) is 9.66. The number of aryl methyl sites for hydroxylation is 3. The SMILES string of the molecule is Cc1ccc2sc(N(Cc3ccco3)C(=O)c3ccc(S(=O)(=O)N4CCCc5ccccc54)cc3)nc2c1C. The number of carbonyl (C=O) groups is 1. The van der Waals surface area contributed by atoms with Crippen molar-refractivity contribution in [3.8, 4) is 0 Å². The van der Waals surface area contributed by atoms with Crippen LogP contribution in [0.2, 0.25) is 0 Å². The molecule has 0 unspecified atom stereocenters. The molecule has 3 aromatic carbocycles. The summed E-state index contributed by atoms with van der Waals surface area (Å²) < 4.78 is 35.1. The van der Waals surface area contributed by atoms with Crippen molar-refractivity contribution in [2.24, 2.45) is 0 Å². The number of benzene rings is 3. The number of carbonyl (C=O) groups excluding carboxylic acids is 1. The fourth-order valence-electron chi connectivity index (χ4n) is 4.92. The van der Waals surface area contributed by atoms with Crippen LogP contribution in [0.4, 0.5) is 10.8 Å². The molecule has 198 valence electrons. The van der Waals surface area contributed by atoms with Crippen LogP contribution in [0.15, 0.2) is 88.4 Å². The van der Waals surface area contributed by atoms with Crippen LogP contribution in [-0.2, 0) is 23.0 Å². The Balaban J connectivity index is 1.33. The molecule has 1 amide bonds. The molecule has 9 heteroatoms. The van der Waals surface area contributed by atoms with Crippen molar-refractivity contribution in [2.45, 2.75) is 38.1 Å². The first kappa shape index (κ1) is 25.3. The minimum absolute atomic E-state index is 0.152. The van der Waals surface area contributed by atoms with Crippen LogP contribution < -0.4 is 9.21 Å². The zero-order valence-electron chi connectivity index (χ0n) is 21.6. The van der Waals surface area contributed by atoms with Gasteiger partial charge in [0.05, 0.1) is 33.6 Å². The van der Waals surface area contributed by atoms with Crippen LogP contribution in [0.1, 0.15) is 39.2 Å². The number of para-hydroxylation sites is 1. The summed E-state index contributed by atoms with van der Waals surface area (Å²) in [6.07, 6.45) is 3.18. The maximum Gasteiger partial charge on any atom is 0.264 e. The molecule has 5 aromatic rings. The van der Waals surface area contributed by atoms with Gasteiger partial charge in [-0.2, -0.15) is 0 Å². The number of hydrogen-bond acceptors (Lipinski definition) is 6. The van der Waals surface area contributed by atoms with E-state index in [9.17, 15) is 13.2 Å². The molecule has 6 rings (SSSR count). The van der Waals surface area contributed by atoms with Gasteiger partial charge in [-0.3, -0.25) is 14.0 Å². The quantitative estimate of drug-likeness (QED) is 0.238. The summed E-state index contributed by atoms with van der Waals surface area (Å²) in [5.74, 6) is 0.338. The minimum Gasteiger partial charge on any atom is -0.467 e. The Morgan fingerprint density at radius 3 is 2.59 bits per heavy atom. The predicted molar refractivity (Wildman–Crippen MR) is 154 cm³/mol. The van der Waals surface area contributed by atoms with Crippen LogP contribution in [0.5, 0.6) is 0 Å². The summed E-state index contributed by atoms with van der Waals surface area (Å²) in [6.45, 7) is 4.69. The lowest BCUT2D eigenvalue weighted by Gasteiger charge is -2.30. The molecule has 1 aliphatic rings. The third-order valence-electron chi connectivity index (χ3n) is 7.20. The van der Waals surface area contributed by atoms with Gasteiger partial charge in [-0.25, -0.2) is 13.4 Å². The molecule has 39 heavy (non-hydrogen) atoms. The topological polar surface area (TPSA) is 83.7 Å². The average Bonchev–Trinajstić information content (AvgIpc) is 3.63. The number of nitrogens with zero attached hydrogens (tertiary/aromatic N) is 3. The Morgan fingerprint density at radius 1 is 1.03 bits per heavy atom. The minimum atomic E-state index is -3.77. The lowest BCUT2D eigenvalue weighted by Crippen LogP contribution is -2.35. The van der Waals surface area contributed by atoms with Crippen molar-refractivity contribution in [3.05, 3.63) is 107 Å². The molecule has 1 aliphatic heterocycles. The van der Waals surface area contributed by atoms with Crippen LogP contribution >= 0.6 is 11.3 Å². The van der Waals surface area contributed by atoms with E-state index >= 15 is 0 Å². The molecule has 0 radical (unpaired) electrons. The van der Waals surface area contributed by atoms with Gasteiger partial charge in [0, 0.05) is 12.1 Å². The molecule has 2 aromatic heterocycles. The zero-order chi connectivity index (χ0) is 27.1. The van der Waals surface area contributed by atoms with E-state index in [4.69, 9.17) is 9.40 Å². The number of thiazole rings is 1. The predicted octanol–water partition coefficient (Wildman–Crippen LogP) is 6.49. The first-order valence-electron chi connectivity index (χ1n) is 12.7. The largest absolute Gasteiger partial charge is 0.467 e. The molecule has 3 heterocycles. The van der Waals surface area contributed by atoms with Gasteiger partial charge in [0.2, 0.25) is 0 Å². The highest BCUT2D eigenvalue weighted by molar-refractivity contribution is 7.92. The first-order chi connectivity index (χ1) is 18.8. The second kappa shape index (κ2) is 9.98. The maximum absolute atomic E-state index is 13.8. The van der Waals surface area contributed by atoms with Crippen LogP contribution in [0, 0.1) is 13.8 Å². The highest BCUT2D eigenvalue weighted by atomic mass is 32.2. The van der Waals surface area contributed by atoms with E-state index in [1.54, 1.807) is 29.4 Å². The highest BCUT2D eigenvalue weighted by Crippen LogP contribution is 2.34. The van der Waals surface area contributed by atoms with E-state index in [0.717, 1.165) is 45.4 Å². The summed E-state index contributed by atoms with van der Waals surface area (Å²) in [4.78, 5) is 20.4. The van der Waals surface area contributed by atoms with Gasteiger partial charge < -0.3 is 4.42 Å². The molecule has 0 aliphatic carbocycles. The Bertz CT molecular complexity index is 1780. The number of furan rings is 1. The summed E-state index contributed by atoms with van der Waals surface area (Å²) in [5, 5.41) is 0.557. The van der Waals surface area contributed by atoms with E-state index in [0.29, 0.717) is 23.0 Å².